The van der Waals surface area contributed by atoms with Crippen LogP contribution in [-0.4, -0.2) is 16.9 Å². The van der Waals surface area contributed by atoms with E-state index in [-0.39, 0.29) is 17.2 Å². The van der Waals surface area contributed by atoms with Crippen LogP contribution < -0.4 is 16.4 Å². The number of pyridine rings is 1. The van der Waals surface area contributed by atoms with Crippen LogP contribution in [0.25, 0.3) is 0 Å². The van der Waals surface area contributed by atoms with Crippen molar-refractivity contribution in [3.05, 3.63) is 57.0 Å². The zero-order valence-corrected chi connectivity index (χ0v) is 18.3. The van der Waals surface area contributed by atoms with Crippen molar-refractivity contribution in [2.75, 3.05) is 5.32 Å². The quantitative estimate of drug-likeness (QED) is 0.197. The van der Waals surface area contributed by atoms with Gasteiger partial charge in [0.25, 0.3) is 0 Å². The summed E-state index contributed by atoms with van der Waals surface area (Å²) >= 11 is 9.22. The summed E-state index contributed by atoms with van der Waals surface area (Å²) in [6.45, 7) is 5.70. The Balaban J connectivity index is 2.58. The van der Waals surface area contributed by atoms with Crippen molar-refractivity contribution in [3.8, 4) is 6.19 Å². The minimum atomic E-state index is -0.640. The average molecular weight is 482 g/mol. The van der Waals surface area contributed by atoms with Crippen LogP contribution in [0, 0.1) is 22.7 Å². The SMILES string of the molecule is CC(C)(C)C(N=C(NC#N)Nc1cnc(Br)cc1F)c1cc(Cl)ccc1C(N)=O. The summed E-state index contributed by atoms with van der Waals surface area (Å²) < 4.78 is 14.5. The van der Waals surface area contributed by atoms with Crippen LogP contribution >= 0.6 is 27.5 Å². The normalized spacial score (nSPS) is 12.8. The zero-order chi connectivity index (χ0) is 21.8. The van der Waals surface area contributed by atoms with Crippen LogP contribution in [0.5, 0.6) is 0 Å². The first-order chi connectivity index (χ1) is 13.5. The first-order valence-corrected chi connectivity index (χ1v) is 9.60. The number of anilines is 1. The lowest BCUT2D eigenvalue weighted by atomic mass is 9.81. The molecule has 4 N–H and O–H groups in total. The molecule has 29 heavy (non-hydrogen) atoms. The zero-order valence-electron chi connectivity index (χ0n) is 15.9. The van der Waals surface area contributed by atoms with Crippen molar-refractivity contribution in [2.45, 2.75) is 26.8 Å². The van der Waals surface area contributed by atoms with Gasteiger partial charge in [-0.2, -0.15) is 5.26 Å². The van der Waals surface area contributed by atoms with Crippen molar-refractivity contribution >= 4 is 45.1 Å². The molecule has 0 spiro atoms. The molecule has 2 rings (SSSR count). The predicted molar refractivity (Wildman–Crippen MR) is 114 cm³/mol. The van der Waals surface area contributed by atoms with E-state index in [4.69, 9.17) is 22.6 Å². The molecule has 0 aliphatic heterocycles. The van der Waals surface area contributed by atoms with Gasteiger partial charge in [-0.1, -0.05) is 32.4 Å². The number of nitrogens with two attached hydrogens (primary N) is 1. The number of amides is 1. The van der Waals surface area contributed by atoms with Gasteiger partial charge in [-0.05, 0) is 45.1 Å². The van der Waals surface area contributed by atoms with Crippen LogP contribution in [-0.2, 0) is 0 Å². The third-order valence-electron chi connectivity index (χ3n) is 3.90. The molecule has 1 amide bonds. The number of primary amides is 1. The fraction of sp³-hybridized carbons (Fsp3) is 0.263. The van der Waals surface area contributed by atoms with Crippen molar-refractivity contribution in [1.82, 2.24) is 10.3 Å². The molecule has 1 atom stereocenters. The maximum absolute atomic E-state index is 14.2. The van der Waals surface area contributed by atoms with Gasteiger partial charge >= 0.3 is 0 Å². The number of nitriles is 1. The van der Waals surface area contributed by atoms with Gasteiger partial charge in [0.05, 0.1) is 17.9 Å². The molecule has 0 aliphatic rings. The van der Waals surface area contributed by atoms with E-state index in [1.54, 1.807) is 18.3 Å². The smallest absolute Gasteiger partial charge is 0.249 e. The van der Waals surface area contributed by atoms with Crippen molar-refractivity contribution in [1.29, 1.82) is 5.26 Å². The summed E-state index contributed by atoms with van der Waals surface area (Å²) in [4.78, 5) is 20.4. The average Bonchev–Trinajstić information content (AvgIpc) is 2.60. The van der Waals surface area contributed by atoms with Crippen LogP contribution in [0.3, 0.4) is 0 Å². The van der Waals surface area contributed by atoms with Gasteiger partial charge in [-0.25, -0.2) is 14.4 Å². The van der Waals surface area contributed by atoms with Gasteiger partial charge < -0.3 is 11.1 Å². The Morgan fingerprint density at radius 1 is 1.41 bits per heavy atom. The minimum Gasteiger partial charge on any atom is -0.366 e. The second kappa shape index (κ2) is 9.20. The minimum absolute atomic E-state index is 0.0172. The Bertz CT molecular complexity index is 999. The summed E-state index contributed by atoms with van der Waals surface area (Å²) in [6, 6.07) is 5.22. The number of carbonyl (C=O) groups excluding carboxylic acids is 1. The van der Waals surface area contributed by atoms with Gasteiger partial charge in [0.15, 0.2) is 12.0 Å². The highest BCUT2D eigenvalue weighted by Gasteiger charge is 2.30. The molecular formula is C19H19BrClFN6O. The van der Waals surface area contributed by atoms with E-state index >= 15 is 0 Å². The van der Waals surface area contributed by atoms with Crippen molar-refractivity contribution in [3.63, 3.8) is 0 Å². The number of benzene rings is 1. The van der Waals surface area contributed by atoms with E-state index in [0.717, 1.165) is 0 Å². The largest absolute Gasteiger partial charge is 0.366 e. The molecule has 0 fully saturated rings. The number of halogens is 3. The molecule has 1 aromatic heterocycles. The number of guanidine groups is 1. The third-order valence-corrected chi connectivity index (χ3v) is 4.57. The molecule has 1 aromatic carbocycles. The topological polar surface area (TPSA) is 116 Å². The maximum atomic E-state index is 14.2. The number of hydrogen-bond acceptors (Lipinski definition) is 4. The molecule has 1 heterocycles. The number of aliphatic imine (C=N–C) groups is 1. The van der Waals surface area contributed by atoms with Crippen molar-refractivity contribution in [2.24, 2.45) is 16.1 Å². The first-order valence-electron chi connectivity index (χ1n) is 8.43. The standard InChI is InChI=1S/C19H19BrClFN6O/c1-19(2,3)16(12-6-10(21)4-5-11(12)17(24)29)28-18(26-9-23)27-14-8-25-15(20)7-13(14)22/h4-8,16H,1-3H3,(H2,24,29)(H2,26,27,28). The molecule has 152 valence electrons. The molecule has 0 saturated heterocycles. The molecular weight excluding hydrogens is 463 g/mol. The molecule has 2 aromatic rings. The Kier molecular flexibility index (Phi) is 7.16. The summed E-state index contributed by atoms with van der Waals surface area (Å²) in [7, 11) is 0. The summed E-state index contributed by atoms with van der Waals surface area (Å²) in [5.41, 5.74) is 5.78. The molecule has 0 bridgehead atoms. The summed E-state index contributed by atoms with van der Waals surface area (Å²) in [5.74, 6) is -1.25. The van der Waals surface area contributed by atoms with Gasteiger partial charge in [-0.3, -0.25) is 10.1 Å². The highest BCUT2D eigenvalue weighted by atomic mass is 79.9. The van der Waals surface area contributed by atoms with Crippen LogP contribution in [0.15, 0.2) is 40.1 Å². The molecule has 0 aliphatic carbocycles. The van der Waals surface area contributed by atoms with E-state index in [1.165, 1.54) is 18.3 Å². The molecule has 1 unspecified atom stereocenters. The van der Waals surface area contributed by atoms with Gasteiger partial charge in [-0.15, -0.1) is 0 Å². The van der Waals surface area contributed by atoms with Crippen LogP contribution in [0.4, 0.5) is 10.1 Å². The number of nitrogens with zero attached hydrogens (tertiary/aromatic N) is 3. The van der Waals surface area contributed by atoms with Crippen LogP contribution in [0.1, 0.15) is 42.7 Å². The second-order valence-corrected chi connectivity index (χ2v) is 8.44. The molecule has 10 heteroatoms. The third kappa shape index (κ3) is 5.89. The number of nitrogens with one attached hydrogen (secondary N) is 2. The van der Waals surface area contributed by atoms with E-state index in [9.17, 15) is 9.18 Å². The lowest BCUT2D eigenvalue weighted by molar-refractivity contribution is 0.0998. The molecule has 0 saturated carbocycles. The fourth-order valence-electron chi connectivity index (χ4n) is 2.62. The van der Waals surface area contributed by atoms with Gasteiger partial charge in [0, 0.05) is 16.7 Å². The Morgan fingerprint density at radius 3 is 2.66 bits per heavy atom. The summed E-state index contributed by atoms with van der Waals surface area (Å²) in [6.07, 6.45) is 3.02. The van der Waals surface area contributed by atoms with E-state index in [2.05, 4.69) is 36.5 Å². The van der Waals surface area contributed by atoms with Crippen LogP contribution in [0.2, 0.25) is 5.02 Å². The van der Waals surface area contributed by atoms with Gasteiger partial charge in [0.1, 0.15) is 4.60 Å². The van der Waals surface area contributed by atoms with E-state index in [1.807, 2.05) is 20.8 Å². The Labute approximate surface area is 181 Å². The lowest BCUT2D eigenvalue weighted by Gasteiger charge is -2.29. The van der Waals surface area contributed by atoms with E-state index in [0.29, 0.717) is 15.2 Å². The predicted octanol–water partition coefficient (Wildman–Crippen LogP) is 4.36. The van der Waals surface area contributed by atoms with Crippen molar-refractivity contribution < 1.29 is 9.18 Å². The number of hydrogen-bond donors (Lipinski definition) is 3. The number of carbonyl (C=O) groups is 1. The number of rotatable bonds is 4. The lowest BCUT2D eigenvalue weighted by Crippen LogP contribution is -2.31. The highest BCUT2D eigenvalue weighted by Crippen LogP contribution is 2.39. The fourth-order valence-corrected chi connectivity index (χ4v) is 3.10. The number of aromatic nitrogens is 1. The molecule has 0 radical (unpaired) electrons. The second-order valence-electron chi connectivity index (χ2n) is 7.19. The Morgan fingerprint density at radius 2 is 2.10 bits per heavy atom. The Hall–Kier alpha value is -2.70. The highest BCUT2D eigenvalue weighted by molar-refractivity contribution is 9.10. The maximum Gasteiger partial charge on any atom is 0.249 e. The monoisotopic (exact) mass is 480 g/mol. The first kappa shape index (κ1) is 22.6. The van der Waals surface area contributed by atoms with E-state index < -0.39 is 23.2 Å². The summed E-state index contributed by atoms with van der Waals surface area (Å²) in [5, 5.41) is 14.6. The van der Waals surface area contributed by atoms with Gasteiger partial charge in [0.2, 0.25) is 11.9 Å². The molecule has 7 nitrogen and oxygen atoms in total.